The molecule has 2 N–H and O–H groups in total. The van der Waals surface area contributed by atoms with Gasteiger partial charge in [0.15, 0.2) is 11.5 Å². The SMILES string of the molecule is CCOc1ccc(C(=O)NC2CCNC2)cc1OC. The molecule has 0 bridgehead atoms. The Morgan fingerprint density at radius 1 is 1.47 bits per heavy atom. The number of methoxy groups -OCH3 is 1. The van der Waals surface area contributed by atoms with Crippen molar-refractivity contribution in [2.45, 2.75) is 19.4 Å². The maximum absolute atomic E-state index is 12.1. The molecule has 1 saturated heterocycles. The van der Waals surface area contributed by atoms with E-state index in [1.165, 1.54) is 0 Å². The van der Waals surface area contributed by atoms with E-state index in [9.17, 15) is 4.79 Å². The number of hydrogen-bond donors (Lipinski definition) is 2. The standard InChI is InChI=1S/C14H20N2O3/c1-3-19-12-5-4-10(8-13(12)18-2)14(17)16-11-6-7-15-9-11/h4-5,8,11,15H,3,6-7,9H2,1-2H3,(H,16,17). The van der Waals surface area contributed by atoms with E-state index < -0.39 is 0 Å². The molecule has 1 aliphatic rings. The van der Waals surface area contributed by atoms with E-state index in [2.05, 4.69) is 10.6 Å². The van der Waals surface area contributed by atoms with Crippen molar-refractivity contribution in [2.75, 3.05) is 26.8 Å². The second-order valence-corrected chi connectivity index (χ2v) is 4.46. The van der Waals surface area contributed by atoms with Gasteiger partial charge < -0.3 is 20.1 Å². The molecule has 19 heavy (non-hydrogen) atoms. The zero-order chi connectivity index (χ0) is 13.7. The molecule has 1 amide bonds. The van der Waals surface area contributed by atoms with E-state index in [0.29, 0.717) is 23.7 Å². The number of carbonyl (C=O) groups excluding carboxylic acids is 1. The quantitative estimate of drug-likeness (QED) is 0.838. The maximum atomic E-state index is 12.1. The minimum atomic E-state index is -0.0740. The third-order valence-corrected chi connectivity index (χ3v) is 3.12. The lowest BCUT2D eigenvalue weighted by atomic mass is 10.1. The first-order valence-electron chi connectivity index (χ1n) is 6.57. The number of rotatable bonds is 5. The van der Waals surface area contributed by atoms with Crippen LogP contribution in [0.1, 0.15) is 23.7 Å². The van der Waals surface area contributed by atoms with E-state index in [1.807, 2.05) is 6.92 Å². The van der Waals surface area contributed by atoms with Crippen molar-refractivity contribution < 1.29 is 14.3 Å². The molecule has 1 heterocycles. The van der Waals surface area contributed by atoms with Gasteiger partial charge in [-0.05, 0) is 38.1 Å². The molecule has 0 aliphatic carbocycles. The summed E-state index contributed by atoms with van der Waals surface area (Å²) in [5, 5.41) is 6.22. The van der Waals surface area contributed by atoms with Gasteiger partial charge in [0, 0.05) is 18.2 Å². The van der Waals surface area contributed by atoms with Crippen LogP contribution in [-0.4, -0.2) is 38.8 Å². The van der Waals surface area contributed by atoms with Crippen LogP contribution in [0.3, 0.4) is 0 Å². The van der Waals surface area contributed by atoms with Crippen LogP contribution >= 0.6 is 0 Å². The Kier molecular flexibility index (Phi) is 4.63. The first kappa shape index (κ1) is 13.7. The van der Waals surface area contributed by atoms with Crippen molar-refractivity contribution in [1.82, 2.24) is 10.6 Å². The highest BCUT2D eigenvalue weighted by atomic mass is 16.5. The van der Waals surface area contributed by atoms with Gasteiger partial charge in [0.2, 0.25) is 0 Å². The highest BCUT2D eigenvalue weighted by Gasteiger charge is 2.18. The van der Waals surface area contributed by atoms with Crippen molar-refractivity contribution in [1.29, 1.82) is 0 Å². The molecule has 1 atom stereocenters. The predicted molar refractivity (Wildman–Crippen MR) is 72.9 cm³/mol. The van der Waals surface area contributed by atoms with E-state index in [4.69, 9.17) is 9.47 Å². The molecule has 1 aliphatic heterocycles. The van der Waals surface area contributed by atoms with Gasteiger partial charge in [-0.3, -0.25) is 4.79 Å². The molecule has 5 heteroatoms. The zero-order valence-corrected chi connectivity index (χ0v) is 11.4. The average molecular weight is 264 g/mol. The Morgan fingerprint density at radius 2 is 2.32 bits per heavy atom. The number of nitrogens with one attached hydrogen (secondary N) is 2. The number of benzene rings is 1. The molecule has 0 radical (unpaired) electrons. The maximum Gasteiger partial charge on any atom is 0.251 e. The van der Waals surface area contributed by atoms with E-state index >= 15 is 0 Å². The highest BCUT2D eigenvalue weighted by molar-refractivity contribution is 5.95. The minimum absolute atomic E-state index is 0.0740. The van der Waals surface area contributed by atoms with Gasteiger partial charge in [0.05, 0.1) is 13.7 Å². The Hall–Kier alpha value is -1.75. The smallest absolute Gasteiger partial charge is 0.251 e. The van der Waals surface area contributed by atoms with Crippen molar-refractivity contribution >= 4 is 5.91 Å². The summed E-state index contributed by atoms with van der Waals surface area (Å²) in [6.07, 6.45) is 0.972. The molecular weight excluding hydrogens is 244 g/mol. The van der Waals surface area contributed by atoms with Crippen LogP contribution in [0.25, 0.3) is 0 Å². The molecule has 104 valence electrons. The second kappa shape index (κ2) is 6.43. The fraction of sp³-hybridized carbons (Fsp3) is 0.500. The van der Waals surface area contributed by atoms with Crippen LogP contribution in [0.2, 0.25) is 0 Å². The molecule has 1 unspecified atom stereocenters. The summed E-state index contributed by atoms with van der Waals surface area (Å²) in [5.41, 5.74) is 0.590. The second-order valence-electron chi connectivity index (χ2n) is 4.46. The molecule has 1 aromatic carbocycles. The van der Waals surface area contributed by atoms with Crippen molar-refractivity contribution in [3.8, 4) is 11.5 Å². The summed E-state index contributed by atoms with van der Waals surface area (Å²) < 4.78 is 10.7. The highest BCUT2D eigenvalue weighted by Crippen LogP contribution is 2.28. The average Bonchev–Trinajstić information content (AvgIpc) is 2.92. The molecule has 5 nitrogen and oxygen atoms in total. The summed E-state index contributed by atoms with van der Waals surface area (Å²) in [4.78, 5) is 12.1. The Balaban J connectivity index is 2.08. The third-order valence-electron chi connectivity index (χ3n) is 3.12. The predicted octanol–water partition coefficient (Wildman–Crippen LogP) is 1.19. The van der Waals surface area contributed by atoms with Gasteiger partial charge in [-0.15, -0.1) is 0 Å². The fourth-order valence-electron chi connectivity index (χ4n) is 2.13. The van der Waals surface area contributed by atoms with Gasteiger partial charge in [0.1, 0.15) is 0 Å². The largest absolute Gasteiger partial charge is 0.493 e. The number of carbonyl (C=O) groups is 1. The molecule has 1 aromatic rings. The van der Waals surface area contributed by atoms with E-state index in [1.54, 1.807) is 25.3 Å². The topological polar surface area (TPSA) is 59.6 Å². The molecular formula is C14H20N2O3. The number of amides is 1. The van der Waals surface area contributed by atoms with Gasteiger partial charge in [-0.1, -0.05) is 0 Å². The summed E-state index contributed by atoms with van der Waals surface area (Å²) in [6.45, 7) is 4.26. The van der Waals surface area contributed by atoms with Crippen LogP contribution < -0.4 is 20.1 Å². The summed E-state index contributed by atoms with van der Waals surface area (Å²) in [6, 6.07) is 5.45. The third kappa shape index (κ3) is 3.38. The summed E-state index contributed by atoms with van der Waals surface area (Å²) >= 11 is 0. The van der Waals surface area contributed by atoms with Crippen LogP contribution in [-0.2, 0) is 0 Å². The van der Waals surface area contributed by atoms with E-state index in [0.717, 1.165) is 19.5 Å². The summed E-state index contributed by atoms with van der Waals surface area (Å²) in [7, 11) is 1.57. The van der Waals surface area contributed by atoms with Crippen LogP contribution in [0.15, 0.2) is 18.2 Å². The molecule has 1 fully saturated rings. The van der Waals surface area contributed by atoms with Gasteiger partial charge >= 0.3 is 0 Å². The van der Waals surface area contributed by atoms with Gasteiger partial charge in [-0.2, -0.15) is 0 Å². The van der Waals surface area contributed by atoms with Gasteiger partial charge in [-0.25, -0.2) is 0 Å². The first-order chi connectivity index (χ1) is 9.24. The van der Waals surface area contributed by atoms with Crippen LogP contribution in [0, 0.1) is 0 Å². The lowest BCUT2D eigenvalue weighted by Crippen LogP contribution is -2.36. The Bertz CT molecular complexity index is 442. The van der Waals surface area contributed by atoms with Crippen LogP contribution in [0.5, 0.6) is 11.5 Å². The minimum Gasteiger partial charge on any atom is -0.493 e. The zero-order valence-electron chi connectivity index (χ0n) is 11.4. The number of ether oxygens (including phenoxy) is 2. The molecule has 0 aromatic heterocycles. The molecule has 0 saturated carbocycles. The fourth-order valence-corrected chi connectivity index (χ4v) is 2.13. The van der Waals surface area contributed by atoms with Crippen molar-refractivity contribution in [3.05, 3.63) is 23.8 Å². The number of hydrogen-bond acceptors (Lipinski definition) is 4. The lowest BCUT2D eigenvalue weighted by Gasteiger charge is -2.13. The Morgan fingerprint density at radius 3 is 2.95 bits per heavy atom. The van der Waals surface area contributed by atoms with Gasteiger partial charge in [0.25, 0.3) is 5.91 Å². The van der Waals surface area contributed by atoms with Crippen LogP contribution in [0.4, 0.5) is 0 Å². The normalized spacial score (nSPS) is 18.1. The van der Waals surface area contributed by atoms with E-state index in [-0.39, 0.29) is 11.9 Å². The Labute approximate surface area is 113 Å². The monoisotopic (exact) mass is 264 g/mol. The van der Waals surface area contributed by atoms with Crippen molar-refractivity contribution in [3.63, 3.8) is 0 Å². The molecule has 2 rings (SSSR count). The van der Waals surface area contributed by atoms with Crippen molar-refractivity contribution in [2.24, 2.45) is 0 Å². The molecule has 0 spiro atoms. The first-order valence-corrected chi connectivity index (χ1v) is 6.57. The lowest BCUT2D eigenvalue weighted by molar-refractivity contribution is 0.0939. The summed E-state index contributed by atoms with van der Waals surface area (Å²) in [5.74, 6) is 1.16.